The maximum absolute atomic E-state index is 13.3. The molecular weight excluding hydrogens is 279 g/mol. The molecule has 0 aliphatic rings. The van der Waals surface area contributed by atoms with Crippen LogP contribution in [0.4, 0.5) is 10.1 Å². The van der Waals surface area contributed by atoms with Gasteiger partial charge in [0.1, 0.15) is 0 Å². The summed E-state index contributed by atoms with van der Waals surface area (Å²) in [7, 11) is -4.27. The van der Waals surface area contributed by atoms with Crippen LogP contribution in [0, 0.1) is 15.9 Å². The molecule has 0 spiro atoms. The summed E-state index contributed by atoms with van der Waals surface area (Å²) in [5, 5.41) is 19.7. The molecule has 9 heteroatoms. The smallest absolute Gasteiger partial charge is 0.324 e. The van der Waals surface area contributed by atoms with Crippen molar-refractivity contribution in [2.45, 2.75) is 24.3 Å². The summed E-state index contributed by atoms with van der Waals surface area (Å²) in [4.78, 5) is 8.88. The summed E-state index contributed by atoms with van der Waals surface area (Å²) in [6, 6.07) is 2.03. The highest BCUT2D eigenvalue weighted by atomic mass is 32.2. The van der Waals surface area contributed by atoms with E-state index in [0.29, 0.717) is 6.42 Å². The number of halogens is 1. The average Bonchev–Trinajstić information content (AvgIpc) is 2.35. The van der Waals surface area contributed by atoms with Crippen LogP contribution in [0.25, 0.3) is 0 Å². The highest BCUT2D eigenvalue weighted by Crippen LogP contribution is 2.26. The van der Waals surface area contributed by atoms with Gasteiger partial charge in [0.15, 0.2) is 4.90 Å². The summed E-state index contributed by atoms with van der Waals surface area (Å²) in [6.07, 6.45) is 0.291. The van der Waals surface area contributed by atoms with Gasteiger partial charge in [0.25, 0.3) is 0 Å². The predicted octanol–water partition coefficient (Wildman–Crippen LogP) is 0.783. The molecule has 1 aromatic carbocycles. The van der Waals surface area contributed by atoms with E-state index < -0.39 is 44.0 Å². The molecule has 0 saturated carbocycles. The molecule has 0 radical (unpaired) electrons. The molecule has 7 nitrogen and oxygen atoms in total. The van der Waals surface area contributed by atoms with Crippen molar-refractivity contribution >= 4 is 15.7 Å². The van der Waals surface area contributed by atoms with E-state index in [-0.39, 0.29) is 0 Å². The quantitative estimate of drug-likeness (QED) is 0.595. The second kappa shape index (κ2) is 6.04. The Balaban J connectivity index is 3.29. The molecule has 1 aromatic rings. The van der Waals surface area contributed by atoms with Crippen molar-refractivity contribution in [3.63, 3.8) is 0 Å². The molecule has 0 saturated heterocycles. The van der Waals surface area contributed by atoms with Gasteiger partial charge in [0.05, 0.1) is 11.5 Å². The fourth-order valence-corrected chi connectivity index (χ4v) is 2.91. The number of nitrogens with zero attached hydrogens (tertiary/aromatic N) is 1. The SMILES string of the molecule is CC[C@H](CO)NS(=O)(=O)c1cccc(F)c1[N+](=O)[O-]. The lowest BCUT2D eigenvalue weighted by atomic mass is 10.3. The topological polar surface area (TPSA) is 110 Å². The van der Waals surface area contributed by atoms with Gasteiger partial charge in [-0.2, -0.15) is 4.39 Å². The molecule has 0 amide bonds. The van der Waals surface area contributed by atoms with Crippen LogP contribution in [-0.4, -0.2) is 31.1 Å². The van der Waals surface area contributed by atoms with E-state index in [1.165, 1.54) is 0 Å². The van der Waals surface area contributed by atoms with Crippen LogP contribution in [0.1, 0.15) is 13.3 Å². The van der Waals surface area contributed by atoms with E-state index >= 15 is 0 Å². The molecule has 0 aliphatic carbocycles. The fourth-order valence-electron chi connectivity index (χ4n) is 1.42. The number of rotatable bonds is 6. The molecule has 1 rings (SSSR count). The van der Waals surface area contributed by atoms with Gasteiger partial charge in [0.2, 0.25) is 15.8 Å². The van der Waals surface area contributed by atoms with Crippen molar-refractivity contribution in [3.8, 4) is 0 Å². The Hall–Kier alpha value is -1.58. The first-order valence-electron chi connectivity index (χ1n) is 5.39. The Labute approximate surface area is 109 Å². The number of nitro groups is 1. The van der Waals surface area contributed by atoms with Crippen molar-refractivity contribution in [1.29, 1.82) is 0 Å². The van der Waals surface area contributed by atoms with E-state index in [1.54, 1.807) is 6.92 Å². The van der Waals surface area contributed by atoms with E-state index in [0.717, 1.165) is 18.2 Å². The summed E-state index contributed by atoms with van der Waals surface area (Å²) in [5.74, 6) is -1.23. The number of aliphatic hydroxyl groups is 1. The first-order valence-corrected chi connectivity index (χ1v) is 6.88. The maximum Gasteiger partial charge on any atom is 0.324 e. The van der Waals surface area contributed by atoms with Crippen LogP contribution >= 0.6 is 0 Å². The predicted molar refractivity (Wildman–Crippen MR) is 64.5 cm³/mol. The zero-order valence-electron chi connectivity index (χ0n) is 10.0. The normalized spacial score (nSPS) is 13.2. The Morgan fingerprint density at radius 3 is 2.63 bits per heavy atom. The van der Waals surface area contributed by atoms with E-state index in [4.69, 9.17) is 5.11 Å². The highest BCUT2D eigenvalue weighted by molar-refractivity contribution is 7.89. The van der Waals surface area contributed by atoms with Crippen LogP contribution in [0.2, 0.25) is 0 Å². The van der Waals surface area contributed by atoms with Crippen LogP contribution in [0.5, 0.6) is 0 Å². The van der Waals surface area contributed by atoms with E-state index in [1.807, 2.05) is 0 Å². The van der Waals surface area contributed by atoms with Gasteiger partial charge in [-0.15, -0.1) is 0 Å². The number of aliphatic hydroxyl groups excluding tert-OH is 1. The first-order chi connectivity index (χ1) is 8.83. The molecule has 1 atom stereocenters. The van der Waals surface area contributed by atoms with Crippen molar-refractivity contribution in [1.82, 2.24) is 4.72 Å². The largest absolute Gasteiger partial charge is 0.395 e. The number of sulfonamides is 1. The standard InChI is InChI=1S/C10H13FN2O5S/c1-2-7(6-14)12-19(17,18)9-5-3-4-8(11)10(9)13(15)16/h3-5,7,12,14H,2,6H2,1H3/t7-/m1/s1. The molecule has 0 heterocycles. The summed E-state index contributed by atoms with van der Waals surface area (Å²) in [5.41, 5.74) is -1.11. The number of nitrogens with one attached hydrogen (secondary N) is 1. The lowest BCUT2D eigenvalue weighted by Crippen LogP contribution is -2.37. The van der Waals surface area contributed by atoms with Crippen LogP contribution in [-0.2, 0) is 10.0 Å². The van der Waals surface area contributed by atoms with Gasteiger partial charge >= 0.3 is 5.69 Å². The second-order valence-electron chi connectivity index (χ2n) is 3.75. The number of benzene rings is 1. The molecule has 0 aliphatic heterocycles. The molecular formula is C10H13FN2O5S. The van der Waals surface area contributed by atoms with Gasteiger partial charge in [-0.05, 0) is 18.6 Å². The first kappa shape index (κ1) is 15.5. The lowest BCUT2D eigenvalue weighted by Gasteiger charge is -2.14. The van der Waals surface area contributed by atoms with Gasteiger partial charge < -0.3 is 5.11 Å². The summed E-state index contributed by atoms with van der Waals surface area (Å²) in [6.45, 7) is 1.17. The van der Waals surface area contributed by atoms with Crippen molar-refractivity contribution in [2.75, 3.05) is 6.61 Å². The number of hydrogen-bond acceptors (Lipinski definition) is 5. The molecule has 19 heavy (non-hydrogen) atoms. The minimum Gasteiger partial charge on any atom is -0.395 e. The summed E-state index contributed by atoms with van der Waals surface area (Å²) < 4.78 is 39.3. The van der Waals surface area contributed by atoms with Crippen molar-refractivity contribution < 1.29 is 22.8 Å². The second-order valence-corrected chi connectivity index (χ2v) is 5.44. The third-order valence-electron chi connectivity index (χ3n) is 2.46. The molecule has 0 bridgehead atoms. The van der Waals surface area contributed by atoms with E-state index in [2.05, 4.69) is 4.72 Å². The van der Waals surface area contributed by atoms with Crippen LogP contribution in [0.3, 0.4) is 0 Å². The Morgan fingerprint density at radius 2 is 2.16 bits per heavy atom. The molecule has 0 aromatic heterocycles. The van der Waals surface area contributed by atoms with Crippen LogP contribution < -0.4 is 4.72 Å². The summed E-state index contributed by atoms with van der Waals surface area (Å²) >= 11 is 0. The molecule has 0 unspecified atom stereocenters. The van der Waals surface area contributed by atoms with E-state index in [9.17, 15) is 22.9 Å². The van der Waals surface area contributed by atoms with Crippen molar-refractivity contribution in [3.05, 3.63) is 34.1 Å². The highest BCUT2D eigenvalue weighted by Gasteiger charge is 2.30. The zero-order chi connectivity index (χ0) is 14.6. The van der Waals surface area contributed by atoms with Crippen molar-refractivity contribution in [2.24, 2.45) is 0 Å². The Kier molecular flexibility index (Phi) is 4.92. The molecule has 106 valence electrons. The third kappa shape index (κ3) is 3.46. The zero-order valence-corrected chi connectivity index (χ0v) is 10.9. The Morgan fingerprint density at radius 1 is 1.53 bits per heavy atom. The van der Waals surface area contributed by atoms with Gasteiger partial charge in [0, 0.05) is 6.04 Å². The lowest BCUT2D eigenvalue weighted by molar-refractivity contribution is -0.390. The maximum atomic E-state index is 13.3. The van der Waals surface area contributed by atoms with Gasteiger partial charge in [-0.25, -0.2) is 13.1 Å². The Bertz CT molecular complexity index is 571. The monoisotopic (exact) mass is 292 g/mol. The minimum absolute atomic E-state index is 0.291. The number of nitro benzene ring substituents is 1. The molecule has 0 fully saturated rings. The molecule has 2 N–H and O–H groups in total. The average molecular weight is 292 g/mol. The number of hydrogen-bond donors (Lipinski definition) is 2. The van der Waals surface area contributed by atoms with Gasteiger partial charge in [-0.3, -0.25) is 10.1 Å². The third-order valence-corrected chi connectivity index (χ3v) is 4.01. The van der Waals surface area contributed by atoms with Crippen LogP contribution in [0.15, 0.2) is 23.1 Å². The number of para-hydroxylation sites is 1. The minimum atomic E-state index is -4.27. The van der Waals surface area contributed by atoms with Gasteiger partial charge in [-0.1, -0.05) is 13.0 Å². The fraction of sp³-hybridized carbons (Fsp3) is 0.400.